The van der Waals surface area contributed by atoms with E-state index >= 15 is 0 Å². The Morgan fingerprint density at radius 3 is 2.61 bits per heavy atom. The molecule has 0 saturated heterocycles. The number of alkyl halides is 1. The highest BCUT2D eigenvalue weighted by molar-refractivity contribution is 9.10. The van der Waals surface area contributed by atoms with E-state index < -0.39 is 10.0 Å². The molecule has 1 N–H and O–H groups in total. The van der Waals surface area contributed by atoms with Gasteiger partial charge in [-0.1, -0.05) is 35.0 Å². The summed E-state index contributed by atoms with van der Waals surface area (Å²) >= 11 is 9.00. The van der Waals surface area contributed by atoms with E-state index in [0.29, 0.717) is 5.88 Å². The third kappa shape index (κ3) is 5.26. The summed E-state index contributed by atoms with van der Waals surface area (Å²) in [7, 11) is -3.30. The van der Waals surface area contributed by atoms with Crippen molar-refractivity contribution in [3.8, 4) is 0 Å². The lowest BCUT2D eigenvalue weighted by molar-refractivity contribution is 0.555. The van der Waals surface area contributed by atoms with Gasteiger partial charge in [-0.2, -0.15) is 0 Å². The van der Waals surface area contributed by atoms with E-state index in [1.165, 1.54) is 0 Å². The van der Waals surface area contributed by atoms with E-state index in [9.17, 15) is 8.42 Å². The molecule has 2 atom stereocenters. The predicted molar refractivity (Wildman–Crippen MR) is 79.4 cm³/mol. The van der Waals surface area contributed by atoms with Crippen LogP contribution < -0.4 is 4.72 Å². The highest BCUT2D eigenvalue weighted by Crippen LogP contribution is 2.18. The Hall–Kier alpha value is -0.100. The highest BCUT2D eigenvalue weighted by atomic mass is 79.9. The van der Waals surface area contributed by atoms with Crippen LogP contribution in [0, 0.1) is 5.92 Å². The summed E-state index contributed by atoms with van der Waals surface area (Å²) in [5.41, 5.74) is 0.923. The Morgan fingerprint density at radius 2 is 2.06 bits per heavy atom. The van der Waals surface area contributed by atoms with Gasteiger partial charge in [0.25, 0.3) is 0 Å². The molecule has 0 saturated carbocycles. The van der Waals surface area contributed by atoms with Crippen molar-refractivity contribution in [1.82, 2.24) is 4.72 Å². The Balaban J connectivity index is 2.72. The third-order valence-electron chi connectivity index (χ3n) is 2.47. The number of halogens is 2. The molecule has 0 radical (unpaired) electrons. The van der Waals surface area contributed by atoms with E-state index in [0.717, 1.165) is 10.0 Å². The summed E-state index contributed by atoms with van der Waals surface area (Å²) in [5, 5.41) is 0. The lowest BCUT2D eigenvalue weighted by Gasteiger charge is -2.16. The van der Waals surface area contributed by atoms with Crippen LogP contribution in [0.1, 0.15) is 25.5 Å². The van der Waals surface area contributed by atoms with Crippen LogP contribution in [0.3, 0.4) is 0 Å². The zero-order valence-corrected chi connectivity index (χ0v) is 13.5. The topological polar surface area (TPSA) is 46.2 Å². The summed E-state index contributed by atoms with van der Waals surface area (Å²) in [6.45, 7) is 3.64. The molecule has 0 heterocycles. The molecule has 0 amide bonds. The average molecular weight is 355 g/mol. The van der Waals surface area contributed by atoms with Crippen molar-refractivity contribution in [3.63, 3.8) is 0 Å². The number of hydrogen-bond donors (Lipinski definition) is 1. The van der Waals surface area contributed by atoms with E-state index in [4.69, 9.17) is 11.6 Å². The highest BCUT2D eigenvalue weighted by Gasteiger charge is 2.18. The first-order chi connectivity index (χ1) is 8.34. The van der Waals surface area contributed by atoms with Gasteiger partial charge in [0, 0.05) is 16.4 Å². The van der Waals surface area contributed by atoms with Gasteiger partial charge < -0.3 is 0 Å². The van der Waals surface area contributed by atoms with Crippen LogP contribution in [0.25, 0.3) is 0 Å². The molecule has 102 valence electrons. The van der Waals surface area contributed by atoms with Gasteiger partial charge in [0.15, 0.2) is 0 Å². The number of rotatable bonds is 6. The van der Waals surface area contributed by atoms with Crippen LogP contribution in [0.4, 0.5) is 0 Å². The van der Waals surface area contributed by atoms with E-state index in [1.807, 2.05) is 38.1 Å². The van der Waals surface area contributed by atoms with Crippen molar-refractivity contribution in [1.29, 1.82) is 0 Å². The molecule has 0 aliphatic heterocycles. The average Bonchev–Trinajstić information content (AvgIpc) is 2.27. The molecule has 1 aromatic carbocycles. The van der Waals surface area contributed by atoms with Crippen molar-refractivity contribution in [2.24, 2.45) is 5.92 Å². The molecular formula is C12H17BrClNO2S. The Labute approximate surface area is 122 Å². The maximum Gasteiger partial charge on any atom is 0.212 e. The molecular weight excluding hydrogens is 338 g/mol. The van der Waals surface area contributed by atoms with Crippen molar-refractivity contribution in [3.05, 3.63) is 34.3 Å². The Kier molecular flexibility index (Phi) is 6.11. The van der Waals surface area contributed by atoms with Gasteiger partial charge in [-0.3, -0.25) is 0 Å². The maximum atomic E-state index is 11.9. The standard InChI is InChI=1S/C12H17BrClNO2S/c1-9(7-14)8-18(16,17)15-10(2)11-4-3-5-12(13)6-11/h3-6,9-10,15H,7-8H2,1-2H3. The lowest BCUT2D eigenvalue weighted by atomic mass is 10.1. The number of sulfonamides is 1. The van der Waals surface area contributed by atoms with Crippen LogP contribution in [0.5, 0.6) is 0 Å². The molecule has 18 heavy (non-hydrogen) atoms. The zero-order valence-electron chi connectivity index (χ0n) is 10.4. The van der Waals surface area contributed by atoms with Gasteiger partial charge >= 0.3 is 0 Å². The summed E-state index contributed by atoms with van der Waals surface area (Å²) in [5.74, 6) is 0.333. The molecule has 6 heteroatoms. The van der Waals surface area contributed by atoms with E-state index in [2.05, 4.69) is 20.7 Å². The second-order valence-corrected chi connectivity index (χ2v) is 7.46. The normalized spacial score (nSPS) is 15.3. The summed E-state index contributed by atoms with van der Waals surface area (Å²) in [6.07, 6.45) is 0. The fraction of sp³-hybridized carbons (Fsp3) is 0.500. The second-order valence-electron chi connectivity index (χ2n) is 4.44. The molecule has 1 aromatic rings. The predicted octanol–water partition coefficient (Wildman–Crippen LogP) is 3.30. The molecule has 0 aliphatic rings. The van der Waals surface area contributed by atoms with Crippen LogP contribution in [-0.2, 0) is 10.0 Å². The van der Waals surface area contributed by atoms with Crippen molar-refractivity contribution in [2.45, 2.75) is 19.9 Å². The molecule has 1 rings (SSSR count). The lowest BCUT2D eigenvalue weighted by Crippen LogP contribution is -2.31. The molecule has 0 aromatic heterocycles. The largest absolute Gasteiger partial charge is 0.212 e. The molecule has 3 nitrogen and oxygen atoms in total. The van der Waals surface area contributed by atoms with Crippen LogP contribution in [0.15, 0.2) is 28.7 Å². The molecule has 0 aliphatic carbocycles. The molecule has 2 unspecified atom stereocenters. The molecule has 0 fully saturated rings. The minimum absolute atomic E-state index is 0.0504. The minimum atomic E-state index is -3.30. The number of hydrogen-bond acceptors (Lipinski definition) is 2. The zero-order chi connectivity index (χ0) is 13.8. The summed E-state index contributed by atoms with van der Waals surface area (Å²) in [6, 6.07) is 7.32. The first-order valence-electron chi connectivity index (χ1n) is 5.65. The first-order valence-corrected chi connectivity index (χ1v) is 8.63. The summed E-state index contributed by atoms with van der Waals surface area (Å²) < 4.78 is 27.4. The van der Waals surface area contributed by atoms with Crippen LogP contribution in [-0.4, -0.2) is 20.1 Å². The van der Waals surface area contributed by atoms with Gasteiger partial charge in [0.1, 0.15) is 0 Å². The van der Waals surface area contributed by atoms with Crippen molar-refractivity contribution in [2.75, 3.05) is 11.6 Å². The Morgan fingerprint density at radius 1 is 1.39 bits per heavy atom. The fourth-order valence-electron chi connectivity index (χ4n) is 1.58. The first kappa shape index (κ1) is 16.0. The maximum absolute atomic E-state index is 11.9. The van der Waals surface area contributed by atoms with Gasteiger partial charge in [-0.05, 0) is 30.5 Å². The minimum Gasteiger partial charge on any atom is -0.212 e. The van der Waals surface area contributed by atoms with E-state index in [1.54, 1.807) is 0 Å². The van der Waals surface area contributed by atoms with Crippen molar-refractivity contribution >= 4 is 37.6 Å². The Bertz CT molecular complexity index is 493. The third-order valence-corrected chi connectivity index (χ3v) is 5.21. The SMILES string of the molecule is CC(CCl)CS(=O)(=O)NC(C)c1cccc(Br)c1. The van der Waals surface area contributed by atoms with Crippen LogP contribution in [0.2, 0.25) is 0 Å². The monoisotopic (exact) mass is 353 g/mol. The quantitative estimate of drug-likeness (QED) is 0.797. The number of benzene rings is 1. The fourth-order valence-corrected chi connectivity index (χ4v) is 3.87. The van der Waals surface area contributed by atoms with Crippen LogP contribution >= 0.6 is 27.5 Å². The smallest absolute Gasteiger partial charge is 0.212 e. The van der Waals surface area contributed by atoms with E-state index in [-0.39, 0.29) is 17.7 Å². The number of nitrogens with one attached hydrogen (secondary N) is 1. The van der Waals surface area contributed by atoms with Gasteiger partial charge in [0.2, 0.25) is 10.0 Å². The molecule has 0 bridgehead atoms. The van der Waals surface area contributed by atoms with Crippen molar-refractivity contribution < 1.29 is 8.42 Å². The molecule has 0 spiro atoms. The summed E-state index contributed by atoms with van der Waals surface area (Å²) in [4.78, 5) is 0. The van der Waals surface area contributed by atoms with Gasteiger partial charge in [0.05, 0.1) is 5.75 Å². The van der Waals surface area contributed by atoms with Gasteiger partial charge in [-0.15, -0.1) is 11.6 Å². The van der Waals surface area contributed by atoms with Gasteiger partial charge in [-0.25, -0.2) is 13.1 Å². The second kappa shape index (κ2) is 6.89.